The van der Waals surface area contributed by atoms with E-state index in [0.29, 0.717) is 25.1 Å². The van der Waals surface area contributed by atoms with Gasteiger partial charge in [0.25, 0.3) is 0 Å². The molecule has 0 fully saturated rings. The smallest absolute Gasteiger partial charge is 0.241 e. The number of carbonyl (C=O) groups excluding carboxylic acids is 1. The number of hydrogen-bond acceptors (Lipinski definition) is 4. The highest BCUT2D eigenvalue weighted by molar-refractivity contribution is 5.83. The van der Waals surface area contributed by atoms with Crippen molar-refractivity contribution in [2.75, 3.05) is 13.1 Å². The van der Waals surface area contributed by atoms with Crippen molar-refractivity contribution in [1.29, 1.82) is 0 Å². The van der Waals surface area contributed by atoms with E-state index in [1.807, 2.05) is 24.3 Å². The summed E-state index contributed by atoms with van der Waals surface area (Å²) in [6, 6.07) is 13.2. The van der Waals surface area contributed by atoms with Crippen LogP contribution in [0.25, 0.3) is 0 Å². The van der Waals surface area contributed by atoms with Gasteiger partial charge in [-0.15, -0.1) is 0 Å². The van der Waals surface area contributed by atoms with Crippen LogP contribution in [0.2, 0.25) is 0 Å². The molecular weight excluding hydrogens is 355 g/mol. The largest absolute Gasteiger partial charge is 0.354 e. The Hall–Kier alpha value is -3.12. The second-order valence-electron chi connectivity index (χ2n) is 6.44. The number of rotatable bonds is 9. The molecule has 2 heterocycles. The van der Waals surface area contributed by atoms with Crippen molar-refractivity contribution in [3.63, 3.8) is 0 Å². The molecule has 3 aromatic rings. The van der Waals surface area contributed by atoms with Gasteiger partial charge in [0.1, 0.15) is 11.9 Å². The van der Waals surface area contributed by atoms with Gasteiger partial charge in [0.2, 0.25) is 5.91 Å². The summed E-state index contributed by atoms with van der Waals surface area (Å²) in [5, 5.41) is 6.19. The predicted molar refractivity (Wildman–Crippen MR) is 106 cm³/mol. The number of nitrogens with one attached hydrogen (secondary N) is 2. The average molecular weight is 378 g/mol. The van der Waals surface area contributed by atoms with Crippen LogP contribution in [-0.4, -0.2) is 29.0 Å². The van der Waals surface area contributed by atoms with Crippen molar-refractivity contribution in [3.05, 3.63) is 95.8 Å². The zero-order valence-corrected chi connectivity index (χ0v) is 15.5. The summed E-state index contributed by atoms with van der Waals surface area (Å²) in [5.41, 5.74) is 2.83. The van der Waals surface area contributed by atoms with Crippen molar-refractivity contribution in [2.24, 2.45) is 0 Å². The number of carbonyl (C=O) groups is 1. The van der Waals surface area contributed by atoms with Crippen LogP contribution in [0.1, 0.15) is 22.7 Å². The third-order valence-electron chi connectivity index (χ3n) is 4.42. The molecule has 0 radical (unpaired) electrons. The lowest BCUT2D eigenvalue weighted by atomic mass is 10.0. The van der Waals surface area contributed by atoms with E-state index in [2.05, 4.69) is 20.6 Å². The molecule has 1 amide bonds. The Kier molecular flexibility index (Phi) is 7.21. The van der Waals surface area contributed by atoms with Crippen LogP contribution in [0.3, 0.4) is 0 Å². The molecule has 28 heavy (non-hydrogen) atoms. The Morgan fingerprint density at radius 2 is 1.50 bits per heavy atom. The molecule has 3 rings (SSSR count). The quantitative estimate of drug-likeness (QED) is 0.601. The second-order valence-corrected chi connectivity index (χ2v) is 6.44. The number of benzene rings is 1. The van der Waals surface area contributed by atoms with Crippen LogP contribution in [0.4, 0.5) is 4.39 Å². The molecule has 0 bridgehead atoms. The van der Waals surface area contributed by atoms with Gasteiger partial charge in [-0.1, -0.05) is 12.1 Å². The molecule has 5 nitrogen and oxygen atoms in total. The van der Waals surface area contributed by atoms with E-state index < -0.39 is 6.04 Å². The molecule has 144 valence electrons. The summed E-state index contributed by atoms with van der Waals surface area (Å²) >= 11 is 0. The van der Waals surface area contributed by atoms with Crippen LogP contribution in [0, 0.1) is 5.82 Å². The number of amides is 1. The monoisotopic (exact) mass is 378 g/mol. The predicted octanol–water partition coefficient (Wildman–Crippen LogP) is 2.85. The van der Waals surface area contributed by atoms with Crippen molar-refractivity contribution in [3.8, 4) is 0 Å². The Morgan fingerprint density at radius 1 is 0.893 bits per heavy atom. The number of nitrogens with zero attached hydrogens (tertiary/aromatic N) is 2. The minimum absolute atomic E-state index is 0.172. The van der Waals surface area contributed by atoms with Gasteiger partial charge in [-0.05, 0) is 65.9 Å². The zero-order valence-electron chi connectivity index (χ0n) is 15.5. The molecular formula is C22H23FN4O. The standard InChI is InChI=1S/C22H23FN4O/c23-20-3-1-2-19(16-20)21(26-14-8-17-4-10-24-11-5-17)22(28)27-15-9-18-6-12-25-13-7-18/h1-7,10-13,16,21,26H,8-9,14-15H2,(H,27,28). The minimum Gasteiger partial charge on any atom is -0.354 e. The Bertz CT molecular complexity index is 874. The van der Waals surface area contributed by atoms with Gasteiger partial charge >= 0.3 is 0 Å². The summed E-state index contributed by atoms with van der Waals surface area (Å²) < 4.78 is 13.7. The lowest BCUT2D eigenvalue weighted by molar-refractivity contribution is -0.123. The van der Waals surface area contributed by atoms with Gasteiger partial charge in [0.15, 0.2) is 0 Å². The fourth-order valence-corrected chi connectivity index (χ4v) is 2.94. The van der Waals surface area contributed by atoms with E-state index >= 15 is 0 Å². The number of hydrogen-bond donors (Lipinski definition) is 2. The van der Waals surface area contributed by atoms with E-state index in [1.54, 1.807) is 36.9 Å². The molecule has 1 unspecified atom stereocenters. The Balaban J connectivity index is 1.60. The van der Waals surface area contributed by atoms with E-state index in [9.17, 15) is 9.18 Å². The van der Waals surface area contributed by atoms with Crippen molar-refractivity contribution >= 4 is 5.91 Å². The first kappa shape index (κ1) is 19.6. The van der Waals surface area contributed by atoms with Gasteiger partial charge in [-0.3, -0.25) is 14.8 Å². The van der Waals surface area contributed by atoms with Crippen molar-refractivity contribution in [1.82, 2.24) is 20.6 Å². The first-order valence-electron chi connectivity index (χ1n) is 9.27. The van der Waals surface area contributed by atoms with Crippen molar-refractivity contribution < 1.29 is 9.18 Å². The Labute approximate surface area is 164 Å². The van der Waals surface area contributed by atoms with Gasteiger partial charge < -0.3 is 10.6 Å². The van der Waals surface area contributed by atoms with Gasteiger partial charge in [-0.2, -0.15) is 0 Å². The van der Waals surface area contributed by atoms with Crippen LogP contribution < -0.4 is 10.6 Å². The number of aromatic nitrogens is 2. The average Bonchev–Trinajstić information content (AvgIpc) is 2.72. The maximum atomic E-state index is 13.7. The van der Waals surface area contributed by atoms with E-state index in [0.717, 1.165) is 17.5 Å². The lowest BCUT2D eigenvalue weighted by Gasteiger charge is -2.19. The normalized spacial score (nSPS) is 11.8. The first-order chi connectivity index (χ1) is 13.7. The maximum Gasteiger partial charge on any atom is 0.241 e. The topological polar surface area (TPSA) is 66.9 Å². The summed E-state index contributed by atoms with van der Waals surface area (Å²) in [5.74, 6) is -0.530. The zero-order chi connectivity index (χ0) is 19.6. The molecule has 2 N–H and O–H groups in total. The number of halogens is 1. The third-order valence-corrected chi connectivity index (χ3v) is 4.42. The molecule has 0 saturated heterocycles. The fourth-order valence-electron chi connectivity index (χ4n) is 2.94. The van der Waals surface area contributed by atoms with Crippen LogP contribution in [0.5, 0.6) is 0 Å². The van der Waals surface area contributed by atoms with Gasteiger partial charge in [0, 0.05) is 37.9 Å². The molecule has 0 aliphatic carbocycles. The van der Waals surface area contributed by atoms with Crippen LogP contribution in [0.15, 0.2) is 73.3 Å². The first-order valence-corrected chi connectivity index (χ1v) is 9.27. The maximum absolute atomic E-state index is 13.7. The van der Waals surface area contributed by atoms with E-state index in [-0.39, 0.29) is 11.7 Å². The summed E-state index contributed by atoms with van der Waals surface area (Å²) in [6.45, 7) is 1.09. The fraction of sp³-hybridized carbons (Fsp3) is 0.227. The second kappa shape index (κ2) is 10.3. The van der Waals surface area contributed by atoms with E-state index in [4.69, 9.17) is 0 Å². The third kappa shape index (κ3) is 5.96. The minimum atomic E-state index is -0.616. The van der Waals surface area contributed by atoms with Crippen LogP contribution in [-0.2, 0) is 17.6 Å². The summed E-state index contributed by atoms with van der Waals surface area (Å²) in [4.78, 5) is 20.8. The van der Waals surface area contributed by atoms with Gasteiger partial charge in [-0.25, -0.2) is 4.39 Å². The van der Waals surface area contributed by atoms with E-state index in [1.165, 1.54) is 12.1 Å². The molecule has 2 aromatic heterocycles. The molecule has 1 aromatic carbocycles. The highest BCUT2D eigenvalue weighted by atomic mass is 19.1. The molecule has 0 spiro atoms. The molecule has 0 aliphatic rings. The molecule has 0 aliphatic heterocycles. The Morgan fingerprint density at radius 3 is 2.11 bits per heavy atom. The molecule has 0 saturated carbocycles. The summed E-state index contributed by atoms with van der Waals surface area (Å²) in [6.07, 6.45) is 8.40. The van der Waals surface area contributed by atoms with Gasteiger partial charge in [0.05, 0.1) is 0 Å². The summed E-state index contributed by atoms with van der Waals surface area (Å²) in [7, 11) is 0. The molecule has 1 atom stereocenters. The van der Waals surface area contributed by atoms with Crippen LogP contribution >= 0.6 is 0 Å². The number of pyridine rings is 2. The highest BCUT2D eigenvalue weighted by Gasteiger charge is 2.20. The highest BCUT2D eigenvalue weighted by Crippen LogP contribution is 2.15. The lowest BCUT2D eigenvalue weighted by Crippen LogP contribution is -2.39. The molecule has 6 heteroatoms. The SMILES string of the molecule is O=C(NCCc1ccncc1)C(NCCc1ccncc1)c1cccc(F)c1. The van der Waals surface area contributed by atoms with Crippen molar-refractivity contribution in [2.45, 2.75) is 18.9 Å².